The highest BCUT2D eigenvalue weighted by atomic mass is 127. The summed E-state index contributed by atoms with van der Waals surface area (Å²) in [5.41, 5.74) is 4.53. The van der Waals surface area contributed by atoms with Crippen molar-refractivity contribution >= 4 is 45.6 Å². The summed E-state index contributed by atoms with van der Waals surface area (Å²) in [7, 11) is 0. The smallest absolute Gasteiger partial charge is 0.330 e. The number of carbonyl (C=O) groups is 1. The summed E-state index contributed by atoms with van der Waals surface area (Å²) in [4.78, 5) is 11.6. The monoisotopic (exact) mass is 664 g/mol. The van der Waals surface area contributed by atoms with E-state index in [1.165, 1.54) is 26.4 Å². The van der Waals surface area contributed by atoms with E-state index < -0.39 is 0 Å². The molecule has 0 spiro atoms. The second kappa shape index (κ2) is 16.7. The Hall–Kier alpha value is -3.49. The van der Waals surface area contributed by atoms with Crippen molar-refractivity contribution in [1.82, 2.24) is 0 Å². The molecule has 0 saturated carbocycles. The largest absolute Gasteiger partial charge is 0.490 e. The number of benzene rings is 3. The van der Waals surface area contributed by atoms with Crippen LogP contribution in [0.1, 0.15) is 49.8 Å². The Kier molecular flexibility index (Phi) is 12.4. The van der Waals surface area contributed by atoms with E-state index in [0.717, 1.165) is 28.5 Å². The minimum atomic E-state index is -0.384. The summed E-state index contributed by atoms with van der Waals surface area (Å²) in [6, 6.07) is 26.8. The molecule has 0 aromatic heterocycles. The molecule has 0 saturated heterocycles. The highest BCUT2D eigenvalue weighted by molar-refractivity contribution is 14.2. The lowest BCUT2D eigenvalue weighted by atomic mass is 10.0. The van der Waals surface area contributed by atoms with Crippen molar-refractivity contribution in [3.8, 4) is 11.5 Å². The molecule has 0 atom stereocenters. The summed E-state index contributed by atoms with van der Waals surface area (Å²) in [6.45, 7) is 5.90. The maximum atomic E-state index is 11.6. The third-order valence-electron chi connectivity index (χ3n) is 6.16. The molecular weight excluding hydrogens is 627 g/mol. The van der Waals surface area contributed by atoms with Crippen molar-refractivity contribution in [3.05, 3.63) is 114 Å². The van der Waals surface area contributed by atoms with E-state index in [0.29, 0.717) is 37.9 Å². The van der Waals surface area contributed by atoms with Gasteiger partial charge in [-0.25, -0.2) is 4.79 Å². The van der Waals surface area contributed by atoms with Crippen LogP contribution in [0.15, 0.2) is 97.1 Å². The molecule has 41 heavy (non-hydrogen) atoms. The maximum Gasteiger partial charge on any atom is 0.330 e. The molecule has 214 valence electrons. The van der Waals surface area contributed by atoms with Crippen molar-refractivity contribution < 1.29 is 23.7 Å². The predicted octanol–water partition coefficient (Wildman–Crippen LogP) is 8.47. The van der Waals surface area contributed by atoms with Crippen LogP contribution in [0, 0.1) is 0 Å². The highest BCUT2D eigenvalue weighted by Gasteiger charge is 2.12. The number of hydrogen-bond donors (Lipinski definition) is 0. The van der Waals surface area contributed by atoms with Crippen molar-refractivity contribution in [2.45, 2.75) is 33.1 Å². The fourth-order valence-electron chi connectivity index (χ4n) is 4.16. The van der Waals surface area contributed by atoms with Crippen LogP contribution < -0.4 is 9.47 Å². The topological polar surface area (TPSA) is 54.0 Å². The second-order valence-electron chi connectivity index (χ2n) is 9.20. The lowest BCUT2D eigenvalue weighted by molar-refractivity contribution is -0.137. The summed E-state index contributed by atoms with van der Waals surface area (Å²) in [5, 5.41) is 0. The van der Waals surface area contributed by atoms with Gasteiger partial charge in [0, 0.05) is 9.66 Å². The number of ether oxygens (including phenoxy) is 4. The Morgan fingerprint density at radius 2 is 1.44 bits per heavy atom. The van der Waals surface area contributed by atoms with E-state index in [-0.39, 0.29) is 26.7 Å². The Labute approximate surface area is 253 Å². The van der Waals surface area contributed by atoms with Gasteiger partial charge in [-0.1, -0.05) is 87.5 Å². The van der Waals surface area contributed by atoms with Crippen LogP contribution in [0.25, 0.3) is 15.2 Å². The molecule has 1 heterocycles. The first kappa shape index (κ1) is 30.5. The van der Waals surface area contributed by atoms with Crippen LogP contribution in [0.2, 0.25) is 0 Å². The van der Waals surface area contributed by atoms with Crippen molar-refractivity contribution in [3.63, 3.8) is 0 Å². The highest BCUT2D eigenvalue weighted by Crippen LogP contribution is 2.36. The number of carbonyl (C=O) groups excluding carboxylic acids is 1. The molecule has 4 rings (SSSR count). The number of halogens is 1. The number of rotatable bonds is 15. The van der Waals surface area contributed by atoms with Crippen molar-refractivity contribution in [2.75, 3.05) is 26.4 Å². The van der Waals surface area contributed by atoms with Crippen LogP contribution in [-0.2, 0) is 14.3 Å². The van der Waals surface area contributed by atoms with Gasteiger partial charge in [-0.05, 0) is 85.7 Å². The van der Waals surface area contributed by atoms with Gasteiger partial charge >= 0.3 is 5.97 Å². The zero-order valence-electron chi connectivity index (χ0n) is 23.7. The van der Waals surface area contributed by atoms with Gasteiger partial charge in [0.25, 0.3) is 0 Å². The quantitative estimate of drug-likeness (QED) is 0.0707. The molecule has 3 aromatic carbocycles. The molecule has 1 aliphatic heterocycles. The molecule has 0 aliphatic carbocycles. The molecule has 0 bridgehead atoms. The lowest BCUT2D eigenvalue weighted by Gasteiger charge is -2.15. The van der Waals surface area contributed by atoms with Crippen LogP contribution in [-0.4, -0.2) is 36.1 Å². The van der Waals surface area contributed by atoms with Gasteiger partial charge in [0.15, 0.2) is 11.5 Å². The first-order chi connectivity index (χ1) is 20.2. The lowest BCUT2D eigenvalue weighted by Crippen LogP contribution is -2.05. The van der Waals surface area contributed by atoms with Crippen LogP contribution in [0.3, 0.4) is 0 Å². The molecule has 3 aromatic rings. The summed E-state index contributed by atoms with van der Waals surface area (Å²) in [5.74, 6) is 1.01. The predicted molar refractivity (Wildman–Crippen MR) is 176 cm³/mol. The molecule has 0 radical (unpaired) electrons. The first-order valence-electron chi connectivity index (χ1n) is 14.1. The van der Waals surface area contributed by atoms with Gasteiger partial charge in [-0.3, -0.25) is 0 Å². The fraction of sp³-hybridized carbons (Fsp3) is 0.257. The molecular formula is C35H37IO5. The zero-order valence-corrected chi connectivity index (χ0v) is 25.8. The Morgan fingerprint density at radius 3 is 2.15 bits per heavy atom. The standard InChI is InChI=1S/C35H37IO5/c1-3-38-33-24-27(19-21-35(37)39-4-2)18-20-32(33)40-22-12-7-13-23-41-34-26-30(28-14-8-5-9-15-28)25-31(36-34)29-16-10-6-11-17-29/h5-6,8-11,14-21,24-26H,3-4,7,12-13,22-23H2,1-2H3/b21-19+. The summed E-state index contributed by atoms with van der Waals surface area (Å²) >= 11 is -0.384. The average Bonchev–Trinajstić information content (AvgIpc) is 3.01. The van der Waals surface area contributed by atoms with E-state index >= 15 is 0 Å². The van der Waals surface area contributed by atoms with Gasteiger partial charge in [-0.15, -0.1) is 0 Å². The Morgan fingerprint density at radius 1 is 0.732 bits per heavy atom. The minimum absolute atomic E-state index is 0.353. The zero-order chi connectivity index (χ0) is 28.7. The van der Waals surface area contributed by atoms with Gasteiger partial charge in [-0.2, -0.15) is 0 Å². The Bertz CT molecular complexity index is 1350. The third kappa shape index (κ3) is 9.83. The summed E-state index contributed by atoms with van der Waals surface area (Å²) < 4.78 is 25.6. The minimum Gasteiger partial charge on any atom is -0.490 e. The van der Waals surface area contributed by atoms with E-state index in [4.69, 9.17) is 18.9 Å². The number of unbranched alkanes of at least 4 members (excludes halogenated alkanes) is 2. The molecule has 0 fully saturated rings. The summed E-state index contributed by atoms with van der Waals surface area (Å²) in [6.07, 6.45) is 10.6. The van der Waals surface area contributed by atoms with Crippen LogP contribution in [0.5, 0.6) is 11.5 Å². The second-order valence-corrected chi connectivity index (χ2v) is 12.0. The molecule has 0 unspecified atom stereocenters. The van der Waals surface area contributed by atoms with Gasteiger partial charge in [0.2, 0.25) is 0 Å². The average molecular weight is 665 g/mol. The van der Waals surface area contributed by atoms with E-state index in [9.17, 15) is 4.79 Å². The van der Waals surface area contributed by atoms with Crippen LogP contribution in [0.4, 0.5) is 0 Å². The van der Waals surface area contributed by atoms with Gasteiger partial charge in [0.05, 0.1) is 26.4 Å². The van der Waals surface area contributed by atoms with E-state index in [2.05, 4.69) is 66.7 Å². The van der Waals surface area contributed by atoms with Crippen molar-refractivity contribution in [1.29, 1.82) is 0 Å². The molecule has 5 nitrogen and oxygen atoms in total. The Balaban J connectivity index is 1.27. The SMILES string of the molecule is CCOC(=O)/C=C/c1ccc(OCCCCCOC2=IC(c3ccccc3)=CC(c3ccccc3)=C2)c(OCC)c1. The fourth-order valence-corrected chi connectivity index (χ4v) is 6.76. The maximum absolute atomic E-state index is 11.6. The van der Waals surface area contributed by atoms with E-state index in [1.807, 2.05) is 31.2 Å². The first-order valence-corrected chi connectivity index (χ1v) is 16.2. The molecule has 0 N–H and O–H groups in total. The molecule has 6 heteroatoms. The normalized spacial score (nSPS) is 13.1. The third-order valence-corrected chi connectivity index (χ3v) is 8.82. The number of allylic oxidation sites excluding steroid dienone is 2. The van der Waals surface area contributed by atoms with Crippen molar-refractivity contribution in [2.24, 2.45) is 0 Å². The number of hydrogen-bond acceptors (Lipinski definition) is 5. The molecule has 1 aliphatic rings. The van der Waals surface area contributed by atoms with Gasteiger partial charge < -0.3 is 18.9 Å². The van der Waals surface area contributed by atoms with Gasteiger partial charge in [0.1, 0.15) is 3.69 Å². The number of esters is 1. The van der Waals surface area contributed by atoms with Crippen LogP contribution >= 0.6 is 20.7 Å². The van der Waals surface area contributed by atoms with E-state index in [1.54, 1.807) is 13.0 Å². The molecule has 0 amide bonds.